The first-order valence-electron chi connectivity index (χ1n) is 8.89. The van der Waals surface area contributed by atoms with E-state index >= 15 is 0 Å². The van der Waals surface area contributed by atoms with Gasteiger partial charge >= 0.3 is 0 Å². The fourth-order valence-electron chi connectivity index (χ4n) is 3.34. The second-order valence-corrected chi connectivity index (χ2v) is 6.43. The fraction of sp³-hybridized carbons (Fsp3) is 0.333. The number of halogens is 1. The minimum absolute atomic E-state index is 0.232. The fourth-order valence-corrected chi connectivity index (χ4v) is 3.34. The maximum Gasteiger partial charge on any atom is 0.134 e. The lowest BCUT2D eigenvalue weighted by Crippen LogP contribution is -2.32. The van der Waals surface area contributed by atoms with Crippen molar-refractivity contribution < 1.29 is 9.13 Å². The van der Waals surface area contributed by atoms with Crippen LogP contribution in [0.3, 0.4) is 0 Å². The lowest BCUT2D eigenvalue weighted by atomic mass is 9.85. The van der Waals surface area contributed by atoms with Crippen LogP contribution in [-0.4, -0.2) is 11.5 Å². The molecule has 0 aliphatic heterocycles. The van der Waals surface area contributed by atoms with Crippen molar-refractivity contribution in [1.29, 1.82) is 0 Å². The number of hydrogen-bond acceptors (Lipinski definition) is 2. The van der Waals surface area contributed by atoms with Crippen LogP contribution in [0.5, 0.6) is 5.75 Å². The van der Waals surface area contributed by atoms with Gasteiger partial charge in [-0.3, -0.25) is 0 Å². The predicted molar refractivity (Wildman–Crippen MR) is 100 cm³/mol. The third kappa shape index (κ3) is 3.85. The SMILES string of the molecule is CCC(CCCCN)(Oc1ccc2[nH]ccc2c1)c1ccc(F)cc1. The molecule has 3 rings (SSSR count). The summed E-state index contributed by atoms with van der Waals surface area (Å²) in [5.74, 6) is 0.593. The maximum absolute atomic E-state index is 13.4. The van der Waals surface area contributed by atoms with Gasteiger partial charge in [0.2, 0.25) is 0 Å². The molecule has 0 saturated carbocycles. The van der Waals surface area contributed by atoms with Gasteiger partial charge in [0.05, 0.1) is 0 Å². The average molecular weight is 340 g/mol. The number of nitrogens with one attached hydrogen (secondary N) is 1. The van der Waals surface area contributed by atoms with Crippen LogP contribution in [0.1, 0.15) is 38.2 Å². The first kappa shape index (κ1) is 17.5. The number of ether oxygens (including phenoxy) is 1. The molecule has 3 aromatic rings. The third-order valence-electron chi connectivity index (χ3n) is 4.81. The number of benzene rings is 2. The van der Waals surface area contributed by atoms with Crippen molar-refractivity contribution in [3.63, 3.8) is 0 Å². The quantitative estimate of drug-likeness (QED) is 0.559. The summed E-state index contributed by atoms with van der Waals surface area (Å²) < 4.78 is 19.9. The van der Waals surface area contributed by atoms with Gasteiger partial charge in [-0.2, -0.15) is 0 Å². The number of aromatic amines is 1. The molecule has 0 bridgehead atoms. The van der Waals surface area contributed by atoms with Crippen LogP contribution in [-0.2, 0) is 5.60 Å². The van der Waals surface area contributed by atoms with Crippen molar-refractivity contribution in [2.24, 2.45) is 5.73 Å². The average Bonchev–Trinajstić information content (AvgIpc) is 3.09. The largest absolute Gasteiger partial charge is 0.483 e. The molecule has 1 aromatic heterocycles. The van der Waals surface area contributed by atoms with Gasteiger partial charge in [0.15, 0.2) is 0 Å². The topological polar surface area (TPSA) is 51.0 Å². The Kier molecular flexibility index (Phi) is 5.39. The van der Waals surface area contributed by atoms with Crippen LogP contribution < -0.4 is 10.5 Å². The van der Waals surface area contributed by atoms with Crippen LogP contribution in [0.4, 0.5) is 4.39 Å². The summed E-state index contributed by atoms with van der Waals surface area (Å²) in [6.07, 6.45) is 5.48. The minimum atomic E-state index is -0.479. The highest BCUT2D eigenvalue weighted by Gasteiger charge is 2.32. The molecule has 3 nitrogen and oxygen atoms in total. The first-order chi connectivity index (χ1) is 12.2. The van der Waals surface area contributed by atoms with E-state index in [9.17, 15) is 4.39 Å². The number of rotatable bonds is 8. The van der Waals surface area contributed by atoms with E-state index in [4.69, 9.17) is 10.5 Å². The summed E-state index contributed by atoms with van der Waals surface area (Å²) in [4.78, 5) is 3.19. The molecule has 2 aromatic carbocycles. The van der Waals surface area contributed by atoms with Crippen molar-refractivity contribution in [2.45, 2.75) is 38.2 Å². The van der Waals surface area contributed by atoms with Gasteiger partial charge in [-0.25, -0.2) is 4.39 Å². The molecule has 0 fully saturated rings. The number of unbranched alkanes of at least 4 members (excludes halogenated alkanes) is 1. The summed E-state index contributed by atoms with van der Waals surface area (Å²) in [6.45, 7) is 2.78. The summed E-state index contributed by atoms with van der Waals surface area (Å²) in [6, 6.07) is 14.7. The molecule has 0 radical (unpaired) electrons. The summed E-state index contributed by atoms with van der Waals surface area (Å²) in [5, 5.41) is 1.11. The van der Waals surface area contributed by atoms with Gasteiger partial charge < -0.3 is 15.5 Å². The number of H-pyrrole nitrogens is 1. The Morgan fingerprint density at radius 1 is 1.08 bits per heavy atom. The lowest BCUT2D eigenvalue weighted by molar-refractivity contribution is 0.0495. The van der Waals surface area contributed by atoms with Gasteiger partial charge in [0, 0.05) is 17.1 Å². The van der Waals surface area contributed by atoms with Crippen LogP contribution in [0.2, 0.25) is 0 Å². The van der Waals surface area contributed by atoms with E-state index in [-0.39, 0.29) is 5.82 Å². The standard InChI is InChI=1S/C21H25FN2O/c1-2-21(12-3-4-13-23,17-5-7-18(22)8-6-17)25-19-9-10-20-16(15-19)11-14-24-20/h5-11,14-15,24H,2-4,12-13,23H2,1H3. The Balaban J connectivity index is 1.94. The van der Waals surface area contributed by atoms with Crippen molar-refractivity contribution in [1.82, 2.24) is 4.98 Å². The van der Waals surface area contributed by atoms with Crippen LogP contribution in [0.25, 0.3) is 10.9 Å². The molecular weight excluding hydrogens is 315 g/mol. The highest BCUT2D eigenvalue weighted by Crippen LogP contribution is 2.37. The number of fused-ring (bicyclic) bond motifs is 1. The zero-order valence-electron chi connectivity index (χ0n) is 14.6. The monoisotopic (exact) mass is 340 g/mol. The molecule has 3 N–H and O–H groups in total. The van der Waals surface area contributed by atoms with E-state index < -0.39 is 5.60 Å². The van der Waals surface area contributed by atoms with Crippen LogP contribution in [0, 0.1) is 5.82 Å². The molecule has 1 atom stereocenters. The Morgan fingerprint density at radius 2 is 1.88 bits per heavy atom. The summed E-state index contributed by atoms with van der Waals surface area (Å²) in [7, 11) is 0. The predicted octanol–water partition coefficient (Wildman–Crippen LogP) is 5.12. The van der Waals surface area contributed by atoms with E-state index in [2.05, 4.69) is 11.9 Å². The number of nitrogens with two attached hydrogens (primary N) is 1. The van der Waals surface area contributed by atoms with E-state index in [0.717, 1.165) is 47.9 Å². The molecule has 25 heavy (non-hydrogen) atoms. The highest BCUT2D eigenvalue weighted by molar-refractivity contribution is 5.80. The summed E-state index contributed by atoms with van der Waals surface area (Å²) in [5.41, 5.74) is 7.27. The Morgan fingerprint density at radius 3 is 2.60 bits per heavy atom. The Labute approximate surface area is 148 Å². The second-order valence-electron chi connectivity index (χ2n) is 6.43. The highest BCUT2D eigenvalue weighted by atomic mass is 19.1. The molecule has 132 valence electrons. The lowest BCUT2D eigenvalue weighted by Gasteiger charge is -2.34. The van der Waals surface area contributed by atoms with Crippen LogP contribution in [0.15, 0.2) is 54.7 Å². The molecule has 0 saturated heterocycles. The van der Waals surface area contributed by atoms with Crippen LogP contribution >= 0.6 is 0 Å². The molecule has 4 heteroatoms. The van der Waals surface area contributed by atoms with Gasteiger partial charge in [0.25, 0.3) is 0 Å². The number of hydrogen-bond donors (Lipinski definition) is 2. The maximum atomic E-state index is 13.4. The molecule has 1 heterocycles. The Bertz CT molecular complexity index is 812. The normalized spacial score (nSPS) is 13.7. The second kappa shape index (κ2) is 7.70. The van der Waals surface area contributed by atoms with Gasteiger partial charge in [-0.05, 0) is 74.2 Å². The van der Waals surface area contributed by atoms with Gasteiger partial charge in [-0.15, -0.1) is 0 Å². The van der Waals surface area contributed by atoms with Crippen molar-refractivity contribution in [3.8, 4) is 5.75 Å². The van der Waals surface area contributed by atoms with Crippen molar-refractivity contribution in [3.05, 3.63) is 66.1 Å². The molecule has 1 unspecified atom stereocenters. The zero-order valence-corrected chi connectivity index (χ0v) is 14.6. The smallest absolute Gasteiger partial charge is 0.134 e. The summed E-state index contributed by atoms with van der Waals surface area (Å²) >= 11 is 0. The van der Waals surface area contributed by atoms with E-state index in [1.54, 1.807) is 0 Å². The first-order valence-corrected chi connectivity index (χ1v) is 8.89. The van der Waals surface area contributed by atoms with E-state index in [1.807, 2.05) is 42.6 Å². The van der Waals surface area contributed by atoms with Gasteiger partial charge in [0.1, 0.15) is 17.2 Å². The van der Waals surface area contributed by atoms with E-state index in [1.165, 1.54) is 12.1 Å². The Hall–Kier alpha value is -2.33. The van der Waals surface area contributed by atoms with Crippen molar-refractivity contribution >= 4 is 10.9 Å². The minimum Gasteiger partial charge on any atom is -0.483 e. The molecule has 0 aliphatic rings. The zero-order chi connectivity index (χ0) is 17.7. The van der Waals surface area contributed by atoms with Gasteiger partial charge in [-0.1, -0.05) is 19.1 Å². The van der Waals surface area contributed by atoms with E-state index in [0.29, 0.717) is 6.54 Å². The molecule has 0 amide bonds. The number of aromatic nitrogens is 1. The molecular formula is C21H25FN2O. The molecule has 0 aliphatic carbocycles. The third-order valence-corrected chi connectivity index (χ3v) is 4.81. The molecule has 0 spiro atoms. The van der Waals surface area contributed by atoms with Crippen molar-refractivity contribution in [2.75, 3.05) is 6.54 Å².